The number of hydrogen-bond donors (Lipinski definition) is 2. The van der Waals surface area contributed by atoms with Crippen molar-refractivity contribution >= 4 is 55.1 Å². The van der Waals surface area contributed by atoms with E-state index in [2.05, 4.69) is 24.2 Å². The fourth-order valence-electron chi connectivity index (χ4n) is 2.98. The van der Waals surface area contributed by atoms with Gasteiger partial charge in [0.25, 0.3) is 20.0 Å². The summed E-state index contributed by atoms with van der Waals surface area (Å²) in [4.78, 5) is 49.6. The largest absolute Gasteiger partial charge is 0.481 e. The molecule has 0 radical (unpaired) electrons. The van der Waals surface area contributed by atoms with Crippen LogP contribution in [0, 0.1) is 0 Å². The molecule has 0 atom stereocenters. The molecule has 2 N–H and O–H groups in total. The van der Waals surface area contributed by atoms with Crippen LogP contribution in [0.25, 0.3) is 20.9 Å². The number of azide groups is 2. The van der Waals surface area contributed by atoms with Crippen LogP contribution in [0.2, 0.25) is 0 Å². The minimum Gasteiger partial charge on any atom is -0.481 e. The molecule has 1 aliphatic rings. The van der Waals surface area contributed by atoms with Gasteiger partial charge in [0.2, 0.25) is 17.7 Å². The van der Waals surface area contributed by atoms with Crippen LogP contribution >= 0.6 is 0 Å². The highest BCUT2D eigenvalue weighted by molar-refractivity contribution is 7.90. The molecule has 0 saturated carbocycles. The Morgan fingerprint density at radius 2 is 1.25 bits per heavy atom. The maximum absolute atomic E-state index is 11.5. The van der Waals surface area contributed by atoms with Gasteiger partial charge < -0.3 is 10.4 Å². The molecular weight excluding hydrogens is 572 g/mol. The molecule has 0 unspecified atom stereocenters. The molecule has 3 amide bonds. The standard InChI is InChI=1S/C10H10N4O5S.C10H8N4O4S.CH4/c11-13-14-20(18,19)8-3-1-7(2-4-8)12-9(15)5-6-10(16)17;11-12-13-19(17,18)8-3-1-7(2-4-8)14-9(15)5-6-10(14)16;/h1-4H,5-6H2,(H,12,15)(H,16,17);1-4H,5-6H2;1H4. The van der Waals surface area contributed by atoms with Crippen molar-refractivity contribution in [2.45, 2.75) is 42.9 Å². The van der Waals surface area contributed by atoms with Crippen LogP contribution < -0.4 is 10.2 Å². The van der Waals surface area contributed by atoms with E-state index in [0.717, 1.165) is 17.0 Å². The van der Waals surface area contributed by atoms with Gasteiger partial charge in [0.15, 0.2) is 0 Å². The Bertz CT molecular complexity index is 1580. The van der Waals surface area contributed by atoms with Crippen LogP contribution in [0.5, 0.6) is 0 Å². The molecule has 40 heavy (non-hydrogen) atoms. The first kappa shape index (κ1) is 33.1. The summed E-state index contributed by atoms with van der Waals surface area (Å²) in [5.41, 5.74) is 16.9. The van der Waals surface area contributed by atoms with Crippen molar-refractivity contribution < 1.29 is 41.1 Å². The molecule has 1 aliphatic heterocycles. The van der Waals surface area contributed by atoms with Crippen molar-refractivity contribution in [2.24, 2.45) is 9.04 Å². The molecule has 1 saturated heterocycles. The number of amides is 3. The number of anilines is 2. The maximum atomic E-state index is 11.5. The van der Waals surface area contributed by atoms with Crippen molar-refractivity contribution in [1.82, 2.24) is 0 Å². The van der Waals surface area contributed by atoms with E-state index in [1.54, 1.807) is 0 Å². The number of imide groups is 1. The van der Waals surface area contributed by atoms with Gasteiger partial charge in [-0.1, -0.05) is 7.43 Å². The Hall–Kier alpha value is -4.96. The van der Waals surface area contributed by atoms with Gasteiger partial charge in [-0.3, -0.25) is 24.1 Å². The van der Waals surface area contributed by atoms with Crippen LogP contribution in [0.15, 0.2) is 67.4 Å². The summed E-state index contributed by atoms with van der Waals surface area (Å²) < 4.78 is 50.9. The van der Waals surface area contributed by atoms with E-state index in [4.69, 9.17) is 16.2 Å². The minimum absolute atomic E-state index is 0. The van der Waals surface area contributed by atoms with Gasteiger partial charge >= 0.3 is 5.97 Å². The lowest BCUT2D eigenvalue weighted by Crippen LogP contribution is -2.28. The summed E-state index contributed by atoms with van der Waals surface area (Å²) in [5, 5.41) is 10.8. The van der Waals surface area contributed by atoms with Crippen molar-refractivity contribution in [2.75, 3.05) is 10.2 Å². The number of sulfonamides is 2. The number of carboxylic acids is 1. The topological polar surface area (TPSA) is 270 Å². The number of carbonyl (C=O) groups is 4. The second-order valence-corrected chi connectivity index (χ2v) is 10.5. The lowest BCUT2D eigenvalue weighted by molar-refractivity contribution is -0.138. The zero-order chi connectivity index (χ0) is 29.2. The number of aliphatic carboxylic acids is 1. The Balaban J connectivity index is 0.000000390. The molecule has 2 aromatic carbocycles. The summed E-state index contributed by atoms with van der Waals surface area (Å²) in [7, 11) is -8.12. The van der Waals surface area contributed by atoms with Crippen LogP contribution in [0.1, 0.15) is 33.1 Å². The van der Waals surface area contributed by atoms with Gasteiger partial charge in [-0.2, -0.15) is 0 Å². The smallest absolute Gasteiger partial charge is 0.303 e. The van der Waals surface area contributed by atoms with Gasteiger partial charge in [-0.05, 0) is 59.6 Å². The van der Waals surface area contributed by atoms with Crippen molar-refractivity contribution in [3.05, 3.63) is 69.4 Å². The van der Waals surface area contributed by atoms with E-state index < -0.39 is 31.9 Å². The number of carbonyl (C=O) groups excluding carboxylic acids is 3. The Morgan fingerprint density at radius 3 is 1.65 bits per heavy atom. The Labute approximate surface area is 227 Å². The molecule has 3 rings (SSSR count). The first-order valence-corrected chi connectivity index (χ1v) is 13.4. The van der Waals surface area contributed by atoms with E-state index in [0.29, 0.717) is 11.4 Å². The third-order valence-corrected chi connectivity index (χ3v) is 7.05. The van der Waals surface area contributed by atoms with E-state index in [1.165, 1.54) is 36.4 Å². The molecule has 0 spiro atoms. The molecule has 19 heteroatoms. The fourth-order valence-corrected chi connectivity index (χ4v) is 4.32. The highest BCUT2D eigenvalue weighted by Crippen LogP contribution is 2.24. The van der Waals surface area contributed by atoms with Crippen LogP contribution in [0.4, 0.5) is 11.4 Å². The van der Waals surface area contributed by atoms with E-state index >= 15 is 0 Å². The monoisotopic (exact) mass is 594 g/mol. The second-order valence-electron chi connectivity index (χ2n) is 7.38. The highest BCUT2D eigenvalue weighted by atomic mass is 32.2. The molecular formula is C21H22N8O9S2. The molecule has 1 fully saturated rings. The van der Waals surface area contributed by atoms with Gasteiger partial charge in [-0.25, -0.2) is 16.8 Å². The molecule has 17 nitrogen and oxygen atoms in total. The summed E-state index contributed by atoms with van der Waals surface area (Å²) in [6, 6.07) is 9.93. The predicted octanol–water partition coefficient (Wildman–Crippen LogP) is 3.46. The van der Waals surface area contributed by atoms with Crippen LogP contribution in [-0.2, 0) is 39.2 Å². The number of nitrogens with one attached hydrogen (secondary N) is 1. The normalized spacial score (nSPS) is 12.6. The van der Waals surface area contributed by atoms with Crippen LogP contribution in [0.3, 0.4) is 0 Å². The number of carboxylic acid groups (broad SMARTS) is 1. The Morgan fingerprint density at radius 1 is 0.825 bits per heavy atom. The van der Waals surface area contributed by atoms with Crippen molar-refractivity contribution in [3.63, 3.8) is 0 Å². The van der Waals surface area contributed by atoms with Crippen molar-refractivity contribution in [3.8, 4) is 0 Å². The minimum atomic E-state index is -4.06. The molecule has 0 bridgehead atoms. The SMILES string of the molecule is C.[N-]=[N+]=NS(=O)(=O)c1ccc(N2C(=O)CCC2=O)cc1.[N-]=[N+]=NS(=O)(=O)c1ccc(NC(=O)CCC(=O)O)cc1. The highest BCUT2D eigenvalue weighted by Gasteiger charge is 2.30. The predicted molar refractivity (Wildman–Crippen MR) is 140 cm³/mol. The van der Waals surface area contributed by atoms with E-state index in [-0.39, 0.29) is 54.7 Å². The lowest BCUT2D eigenvalue weighted by Gasteiger charge is -2.13. The van der Waals surface area contributed by atoms with Gasteiger partial charge in [0.1, 0.15) is 0 Å². The Kier molecular flexibility index (Phi) is 11.8. The van der Waals surface area contributed by atoms with E-state index in [9.17, 15) is 36.0 Å². The van der Waals surface area contributed by atoms with E-state index in [1.807, 2.05) is 0 Å². The number of rotatable bonds is 9. The molecule has 2 aromatic rings. The number of benzene rings is 2. The molecule has 0 aliphatic carbocycles. The first-order chi connectivity index (χ1) is 18.3. The third kappa shape index (κ3) is 9.10. The fraction of sp³-hybridized carbons (Fsp3) is 0.238. The average molecular weight is 595 g/mol. The van der Waals surface area contributed by atoms with Gasteiger partial charge in [-0.15, -0.1) is 0 Å². The molecule has 212 valence electrons. The first-order valence-electron chi connectivity index (χ1n) is 10.5. The summed E-state index contributed by atoms with van der Waals surface area (Å²) in [5.74, 6) is -2.24. The maximum Gasteiger partial charge on any atom is 0.303 e. The van der Waals surface area contributed by atoms with Crippen LogP contribution in [-0.4, -0.2) is 45.6 Å². The average Bonchev–Trinajstić information content (AvgIpc) is 3.21. The van der Waals surface area contributed by atoms with Crippen molar-refractivity contribution in [1.29, 1.82) is 0 Å². The molecule has 1 heterocycles. The summed E-state index contributed by atoms with van der Waals surface area (Å²) in [6.07, 6.45) is -0.182. The van der Waals surface area contributed by atoms with Gasteiger partial charge in [0, 0.05) is 43.8 Å². The number of nitrogens with zero attached hydrogens (tertiary/aromatic N) is 7. The number of hydrogen-bond acceptors (Lipinski definition) is 8. The van der Waals surface area contributed by atoms with Gasteiger partial charge in [0.05, 0.1) is 21.9 Å². The quantitative estimate of drug-likeness (QED) is 0.186. The summed E-state index contributed by atoms with van der Waals surface area (Å²) >= 11 is 0. The third-order valence-electron chi connectivity index (χ3n) is 4.73. The lowest BCUT2D eigenvalue weighted by atomic mass is 10.2. The second kappa shape index (κ2) is 14.3. The summed E-state index contributed by atoms with van der Waals surface area (Å²) in [6.45, 7) is 0. The zero-order valence-electron chi connectivity index (χ0n) is 19.6. The zero-order valence-corrected chi connectivity index (χ0v) is 21.2. The molecule has 0 aromatic heterocycles.